The average molecular weight is 384 g/mol. The summed E-state index contributed by atoms with van der Waals surface area (Å²) in [4.78, 5) is 45.1. The summed E-state index contributed by atoms with van der Waals surface area (Å²) in [7, 11) is -4.88. The van der Waals surface area contributed by atoms with Crippen LogP contribution >= 0.6 is 0 Å². The van der Waals surface area contributed by atoms with Crippen molar-refractivity contribution in [2.75, 3.05) is 6.61 Å². The molecule has 144 valence electrons. The lowest BCUT2D eigenvalue weighted by Gasteiger charge is -2.17. The molecule has 0 saturated carbocycles. The Bertz CT molecular complexity index is 617. The van der Waals surface area contributed by atoms with E-state index in [0.717, 1.165) is 6.92 Å². The molecule has 0 rings (SSSR count). The van der Waals surface area contributed by atoms with E-state index in [-0.39, 0.29) is 12.8 Å². The van der Waals surface area contributed by atoms with Gasteiger partial charge in [-0.2, -0.15) is 8.42 Å². The number of carboxylic acids is 2. The Labute approximate surface area is 143 Å². The molecular weight excluding hydrogens is 364 g/mol. The van der Waals surface area contributed by atoms with E-state index in [0.29, 0.717) is 0 Å². The van der Waals surface area contributed by atoms with E-state index < -0.39 is 65.1 Å². The number of nitrogens with one attached hydrogen (secondary N) is 1. The van der Waals surface area contributed by atoms with Gasteiger partial charge in [-0.3, -0.25) is 23.7 Å². The van der Waals surface area contributed by atoms with Gasteiger partial charge in [0.1, 0.15) is 17.9 Å². The normalized spacial score (nSPS) is 15.0. The minimum absolute atomic E-state index is 0.201. The van der Waals surface area contributed by atoms with Crippen LogP contribution in [0, 0.1) is 5.92 Å². The molecule has 0 saturated heterocycles. The third kappa shape index (κ3) is 10.4. The second-order valence-electron chi connectivity index (χ2n) is 5.20. The van der Waals surface area contributed by atoms with Crippen LogP contribution in [0.2, 0.25) is 0 Å². The van der Waals surface area contributed by atoms with Crippen LogP contribution in [-0.4, -0.2) is 65.5 Å². The number of carbonyl (C=O) groups is 4. The van der Waals surface area contributed by atoms with Gasteiger partial charge in [-0.1, -0.05) is 0 Å². The molecule has 6 N–H and O–H groups in total. The standard InChI is InChI=1S/C12H20N2O10S/c1-6(11(17)18)14-10(16)7(5-24-25(21,22)23)4-8(15)2-3-9(13)12(19)20/h6-7,9H,2-5,13H2,1H3,(H,14,16)(H,17,18)(H,19,20)(H,21,22,23)/t6-,7-,9-/m0/s1. The van der Waals surface area contributed by atoms with Crippen LogP contribution < -0.4 is 11.1 Å². The second kappa shape index (κ2) is 10.0. The maximum absolute atomic E-state index is 12.0. The highest BCUT2D eigenvalue weighted by Crippen LogP contribution is 2.11. The first-order valence-corrected chi connectivity index (χ1v) is 8.35. The zero-order valence-electron chi connectivity index (χ0n) is 13.2. The van der Waals surface area contributed by atoms with Crippen molar-refractivity contribution in [1.29, 1.82) is 0 Å². The number of nitrogens with two attached hydrogens (primary N) is 1. The predicted octanol–water partition coefficient (Wildman–Crippen LogP) is -1.84. The lowest BCUT2D eigenvalue weighted by molar-refractivity contribution is -0.142. The Hall–Kier alpha value is -2.09. The molecule has 0 unspecified atom stereocenters. The van der Waals surface area contributed by atoms with Crippen LogP contribution in [0.1, 0.15) is 26.2 Å². The Morgan fingerprint density at radius 3 is 2.16 bits per heavy atom. The number of rotatable bonds is 12. The molecule has 0 radical (unpaired) electrons. The van der Waals surface area contributed by atoms with Gasteiger partial charge in [0.15, 0.2) is 0 Å². The van der Waals surface area contributed by atoms with Gasteiger partial charge in [0.05, 0.1) is 12.5 Å². The first kappa shape index (κ1) is 22.9. The number of hydrogen-bond donors (Lipinski definition) is 5. The molecule has 0 bridgehead atoms. The van der Waals surface area contributed by atoms with Crippen LogP contribution in [-0.2, 0) is 33.8 Å². The van der Waals surface area contributed by atoms with E-state index in [1.807, 2.05) is 5.32 Å². The van der Waals surface area contributed by atoms with E-state index >= 15 is 0 Å². The Balaban J connectivity index is 4.88. The quantitative estimate of drug-likeness (QED) is 0.236. The summed E-state index contributed by atoms with van der Waals surface area (Å²) in [5, 5.41) is 19.4. The maximum atomic E-state index is 12.0. The molecule has 0 fully saturated rings. The maximum Gasteiger partial charge on any atom is 0.397 e. The fourth-order valence-corrected chi connectivity index (χ4v) is 1.94. The number of amides is 1. The fraction of sp³-hybridized carbons (Fsp3) is 0.667. The Morgan fingerprint density at radius 2 is 1.72 bits per heavy atom. The molecule has 3 atom stereocenters. The number of Topliss-reactive ketones (excluding diaryl/α,β-unsaturated/α-hetero) is 1. The Morgan fingerprint density at radius 1 is 1.16 bits per heavy atom. The SMILES string of the molecule is C[C@H](NC(=O)[C@H](COS(=O)(=O)O)CC(=O)CC[C@H](N)C(=O)O)C(=O)O. The molecule has 0 aromatic carbocycles. The van der Waals surface area contributed by atoms with Crippen LogP contribution in [0.4, 0.5) is 0 Å². The molecule has 13 heteroatoms. The molecule has 0 spiro atoms. The van der Waals surface area contributed by atoms with Crippen LogP contribution in [0.15, 0.2) is 0 Å². The predicted molar refractivity (Wildman–Crippen MR) is 80.7 cm³/mol. The van der Waals surface area contributed by atoms with E-state index in [1.54, 1.807) is 0 Å². The van der Waals surface area contributed by atoms with Crippen LogP contribution in [0.3, 0.4) is 0 Å². The molecule has 12 nitrogen and oxygen atoms in total. The topological polar surface area (TPSA) is 210 Å². The highest BCUT2D eigenvalue weighted by Gasteiger charge is 2.27. The number of ketones is 1. The molecule has 0 aliphatic heterocycles. The third-order valence-corrected chi connectivity index (χ3v) is 3.48. The van der Waals surface area contributed by atoms with Gasteiger partial charge in [0.25, 0.3) is 0 Å². The third-order valence-electron chi connectivity index (χ3n) is 3.04. The van der Waals surface area contributed by atoms with Crippen LogP contribution in [0.25, 0.3) is 0 Å². The van der Waals surface area contributed by atoms with Crippen molar-refractivity contribution in [2.24, 2.45) is 11.7 Å². The van der Waals surface area contributed by atoms with E-state index in [1.165, 1.54) is 0 Å². The van der Waals surface area contributed by atoms with E-state index in [4.69, 9.17) is 20.5 Å². The molecule has 0 aliphatic rings. The molecule has 0 aromatic rings. The zero-order valence-corrected chi connectivity index (χ0v) is 14.1. The number of hydrogen-bond acceptors (Lipinski definition) is 8. The van der Waals surface area contributed by atoms with Gasteiger partial charge in [0, 0.05) is 12.8 Å². The molecule has 0 aromatic heterocycles. The smallest absolute Gasteiger partial charge is 0.397 e. The summed E-state index contributed by atoms with van der Waals surface area (Å²) < 4.78 is 33.8. The van der Waals surface area contributed by atoms with Gasteiger partial charge in [-0.05, 0) is 13.3 Å². The summed E-state index contributed by atoms with van der Waals surface area (Å²) in [6.07, 6.45) is -1.05. The van der Waals surface area contributed by atoms with Crippen molar-refractivity contribution in [3.63, 3.8) is 0 Å². The highest BCUT2D eigenvalue weighted by molar-refractivity contribution is 7.80. The van der Waals surface area contributed by atoms with Crippen LogP contribution in [0.5, 0.6) is 0 Å². The molecule has 25 heavy (non-hydrogen) atoms. The van der Waals surface area contributed by atoms with Crippen molar-refractivity contribution in [2.45, 2.75) is 38.3 Å². The minimum atomic E-state index is -4.88. The summed E-state index contributed by atoms with van der Waals surface area (Å²) in [5.74, 6) is -5.67. The van der Waals surface area contributed by atoms with Crippen molar-refractivity contribution in [3.8, 4) is 0 Å². The van der Waals surface area contributed by atoms with Gasteiger partial charge >= 0.3 is 22.3 Å². The van der Waals surface area contributed by atoms with Gasteiger partial charge in [-0.15, -0.1) is 0 Å². The summed E-state index contributed by atoms with van der Waals surface area (Å²) in [6.45, 7) is 0.252. The van der Waals surface area contributed by atoms with Gasteiger partial charge in [-0.25, -0.2) is 4.18 Å². The lowest BCUT2D eigenvalue weighted by Crippen LogP contribution is -2.43. The minimum Gasteiger partial charge on any atom is -0.480 e. The fourth-order valence-electron chi connectivity index (χ4n) is 1.61. The average Bonchev–Trinajstić information content (AvgIpc) is 2.47. The van der Waals surface area contributed by atoms with Crippen molar-refractivity contribution < 1.29 is 46.5 Å². The zero-order chi connectivity index (χ0) is 19.8. The largest absolute Gasteiger partial charge is 0.480 e. The monoisotopic (exact) mass is 384 g/mol. The van der Waals surface area contributed by atoms with Crippen molar-refractivity contribution in [3.05, 3.63) is 0 Å². The number of carboxylic acid groups (broad SMARTS) is 2. The number of aliphatic carboxylic acids is 2. The lowest BCUT2D eigenvalue weighted by atomic mass is 9.98. The van der Waals surface area contributed by atoms with Crippen molar-refractivity contribution in [1.82, 2.24) is 5.32 Å². The number of carbonyl (C=O) groups excluding carboxylic acids is 2. The second-order valence-corrected chi connectivity index (χ2v) is 6.30. The van der Waals surface area contributed by atoms with E-state index in [2.05, 4.69) is 4.18 Å². The van der Waals surface area contributed by atoms with E-state index in [9.17, 15) is 27.6 Å². The summed E-state index contributed by atoms with van der Waals surface area (Å²) >= 11 is 0. The molecule has 0 heterocycles. The summed E-state index contributed by atoms with van der Waals surface area (Å²) in [5.41, 5.74) is 5.24. The summed E-state index contributed by atoms with van der Waals surface area (Å²) in [6, 6.07) is -2.59. The Kier molecular flexibility index (Phi) is 9.19. The van der Waals surface area contributed by atoms with Gasteiger partial charge < -0.3 is 21.3 Å². The first-order chi connectivity index (χ1) is 11.3. The molecule has 1 amide bonds. The first-order valence-electron chi connectivity index (χ1n) is 6.98. The van der Waals surface area contributed by atoms with Gasteiger partial charge in [0.2, 0.25) is 5.91 Å². The van der Waals surface area contributed by atoms with Crippen molar-refractivity contribution >= 4 is 34.0 Å². The molecular formula is C12H20N2O10S. The molecule has 0 aliphatic carbocycles. The highest BCUT2D eigenvalue weighted by atomic mass is 32.3.